The second-order valence-electron chi connectivity index (χ2n) is 4.66. The van der Waals surface area contributed by atoms with Crippen molar-refractivity contribution < 1.29 is 9.18 Å². The van der Waals surface area contributed by atoms with E-state index in [0.717, 1.165) is 10.0 Å². The number of amides is 1. The minimum absolute atomic E-state index is 0.0870. The zero-order valence-corrected chi connectivity index (χ0v) is 13.0. The lowest BCUT2D eigenvalue weighted by atomic mass is 10.2. The van der Waals surface area contributed by atoms with E-state index in [0.29, 0.717) is 0 Å². The maximum absolute atomic E-state index is 13.6. The number of hydrogen-bond acceptors (Lipinski definition) is 2. The van der Waals surface area contributed by atoms with Crippen LogP contribution in [0, 0.1) is 12.7 Å². The molecule has 1 heterocycles. The van der Waals surface area contributed by atoms with Crippen LogP contribution in [-0.2, 0) is 11.3 Å². The minimum atomic E-state index is -0.469. The Hall–Kier alpha value is -1.95. The normalized spacial score (nSPS) is 10.4. The van der Waals surface area contributed by atoms with Gasteiger partial charge in [0.2, 0.25) is 5.91 Å². The van der Waals surface area contributed by atoms with Crippen molar-refractivity contribution >= 4 is 27.5 Å². The van der Waals surface area contributed by atoms with E-state index in [-0.39, 0.29) is 30.1 Å². The van der Waals surface area contributed by atoms with Crippen LogP contribution in [0.2, 0.25) is 0 Å². The highest BCUT2D eigenvalue weighted by Gasteiger charge is 2.08. The Kier molecular flexibility index (Phi) is 4.90. The standard InChI is InChI=1S/C15H14BrFN2O2/c1-10-2-4-13(12(17)8-10)18-14(20)6-7-19-9-11(16)3-5-15(19)21/h2-5,8-9H,6-7H2,1H3,(H,18,20). The Morgan fingerprint density at radius 2 is 2.10 bits per heavy atom. The Morgan fingerprint density at radius 3 is 2.81 bits per heavy atom. The lowest BCUT2D eigenvalue weighted by Gasteiger charge is -2.08. The molecular formula is C15H14BrFN2O2. The van der Waals surface area contributed by atoms with Gasteiger partial charge in [0.25, 0.3) is 5.56 Å². The molecule has 2 rings (SSSR count). The van der Waals surface area contributed by atoms with Gasteiger partial charge in [-0.2, -0.15) is 0 Å². The maximum Gasteiger partial charge on any atom is 0.250 e. The molecule has 0 radical (unpaired) electrons. The fourth-order valence-electron chi connectivity index (χ4n) is 1.83. The molecule has 0 atom stereocenters. The smallest absolute Gasteiger partial charge is 0.250 e. The summed E-state index contributed by atoms with van der Waals surface area (Å²) in [7, 11) is 0. The predicted octanol–water partition coefficient (Wildman–Crippen LogP) is 3.09. The first-order valence-electron chi connectivity index (χ1n) is 6.38. The lowest BCUT2D eigenvalue weighted by Crippen LogP contribution is -2.22. The number of carbonyl (C=O) groups excluding carboxylic acids is 1. The number of nitrogens with one attached hydrogen (secondary N) is 1. The van der Waals surface area contributed by atoms with E-state index in [9.17, 15) is 14.0 Å². The van der Waals surface area contributed by atoms with Gasteiger partial charge < -0.3 is 9.88 Å². The lowest BCUT2D eigenvalue weighted by molar-refractivity contribution is -0.116. The second kappa shape index (κ2) is 6.67. The molecular weight excluding hydrogens is 339 g/mol. The summed E-state index contributed by atoms with van der Waals surface area (Å²) in [5.41, 5.74) is 0.742. The number of aryl methyl sites for hydroxylation is 2. The molecule has 0 unspecified atom stereocenters. The molecule has 0 saturated heterocycles. The van der Waals surface area contributed by atoms with Gasteiger partial charge in [0.1, 0.15) is 5.82 Å². The molecule has 2 aromatic rings. The second-order valence-corrected chi connectivity index (χ2v) is 5.58. The Balaban J connectivity index is 1.99. The summed E-state index contributed by atoms with van der Waals surface area (Å²) in [5.74, 6) is -0.812. The minimum Gasteiger partial charge on any atom is -0.324 e. The number of aromatic nitrogens is 1. The molecule has 1 aromatic carbocycles. The topological polar surface area (TPSA) is 51.1 Å². The molecule has 1 aromatic heterocycles. The van der Waals surface area contributed by atoms with Crippen molar-refractivity contribution in [3.8, 4) is 0 Å². The van der Waals surface area contributed by atoms with Crippen LogP contribution in [-0.4, -0.2) is 10.5 Å². The van der Waals surface area contributed by atoms with Crippen LogP contribution in [0.15, 0.2) is 45.8 Å². The van der Waals surface area contributed by atoms with Gasteiger partial charge in [-0.3, -0.25) is 9.59 Å². The van der Waals surface area contributed by atoms with Crippen LogP contribution in [0.1, 0.15) is 12.0 Å². The molecule has 0 saturated carbocycles. The van der Waals surface area contributed by atoms with E-state index in [1.807, 2.05) is 0 Å². The molecule has 0 aliphatic heterocycles. The molecule has 110 valence electrons. The van der Waals surface area contributed by atoms with Gasteiger partial charge in [-0.25, -0.2) is 4.39 Å². The van der Waals surface area contributed by atoms with Crippen molar-refractivity contribution in [3.05, 3.63) is 62.7 Å². The van der Waals surface area contributed by atoms with E-state index in [1.165, 1.54) is 22.8 Å². The Morgan fingerprint density at radius 1 is 1.33 bits per heavy atom. The van der Waals surface area contributed by atoms with Crippen LogP contribution in [0.5, 0.6) is 0 Å². The first kappa shape index (κ1) is 15.4. The van der Waals surface area contributed by atoms with Gasteiger partial charge in [-0.1, -0.05) is 6.07 Å². The summed E-state index contributed by atoms with van der Waals surface area (Å²) in [6.45, 7) is 2.01. The largest absolute Gasteiger partial charge is 0.324 e. The van der Waals surface area contributed by atoms with E-state index in [1.54, 1.807) is 25.3 Å². The molecule has 0 aliphatic rings. The van der Waals surface area contributed by atoms with Crippen LogP contribution >= 0.6 is 15.9 Å². The van der Waals surface area contributed by atoms with Crippen LogP contribution < -0.4 is 10.9 Å². The third kappa shape index (κ3) is 4.26. The van der Waals surface area contributed by atoms with Gasteiger partial charge in [0.15, 0.2) is 0 Å². The van der Waals surface area contributed by atoms with Crippen LogP contribution in [0.3, 0.4) is 0 Å². The first-order chi connectivity index (χ1) is 9.95. The van der Waals surface area contributed by atoms with E-state index in [4.69, 9.17) is 0 Å². The average molecular weight is 353 g/mol. The predicted molar refractivity (Wildman–Crippen MR) is 82.8 cm³/mol. The fourth-order valence-corrected chi connectivity index (χ4v) is 2.21. The number of rotatable bonds is 4. The number of benzene rings is 1. The number of nitrogens with zero attached hydrogens (tertiary/aromatic N) is 1. The van der Waals surface area contributed by atoms with E-state index < -0.39 is 5.82 Å². The molecule has 1 amide bonds. The van der Waals surface area contributed by atoms with Crippen molar-refractivity contribution in [2.24, 2.45) is 0 Å². The molecule has 21 heavy (non-hydrogen) atoms. The molecule has 0 fully saturated rings. The maximum atomic E-state index is 13.6. The fraction of sp³-hybridized carbons (Fsp3) is 0.200. The van der Waals surface area contributed by atoms with Crippen molar-refractivity contribution in [1.82, 2.24) is 4.57 Å². The molecule has 6 heteroatoms. The van der Waals surface area contributed by atoms with Gasteiger partial charge in [-0.05, 0) is 46.6 Å². The summed E-state index contributed by atoms with van der Waals surface area (Å²) in [6, 6.07) is 7.65. The molecule has 0 aliphatic carbocycles. The summed E-state index contributed by atoms with van der Waals surface area (Å²) in [6.07, 6.45) is 1.70. The van der Waals surface area contributed by atoms with E-state index in [2.05, 4.69) is 21.2 Å². The van der Waals surface area contributed by atoms with Gasteiger partial charge in [0.05, 0.1) is 5.69 Å². The quantitative estimate of drug-likeness (QED) is 0.919. The van der Waals surface area contributed by atoms with Crippen molar-refractivity contribution in [2.45, 2.75) is 19.9 Å². The van der Waals surface area contributed by atoms with Crippen LogP contribution in [0.4, 0.5) is 10.1 Å². The SMILES string of the molecule is Cc1ccc(NC(=O)CCn2cc(Br)ccc2=O)c(F)c1. The highest BCUT2D eigenvalue weighted by atomic mass is 79.9. The molecule has 4 nitrogen and oxygen atoms in total. The number of carbonyl (C=O) groups is 1. The first-order valence-corrected chi connectivity index (χ1v) is 7.17. The molecule has 0 spiro atoms. The van der Waals surface area contributed by atoms with Gasteiger partial charge in [-0.15, -0.1) is 0 Å². The third-order valence-electron chi connectivity index (χ3n) is 2.93. The molecule has 1 N–H and O–H groups in total. The monoisotopic (exact) mass is 352 g/mol. The van der Waals surface area contributed by atoms with Gasteiger partial charge in [0, 0.05) is 29.7 Å². The number of hydrogen-bond donors (Lipinski definition) is 1. The average Bonchev–Trinajstić information content (AvgIpc) is 2.43. The highest BCUT2D eigenvalue weighted by Crippen LogP contribution is 2.15. The van der Waals surface area contributed by atoms with Crippen molar-refractivity contribution in [1.29, 1.82) is 0 Å². The Bertz CT molecular complexity index is 728. The summed E-state index contributed by atoms with van der Waals surface area (Å²) >= 11 is 3.26. The van der Waals surface area contributed by atoms with E-state index >= 15 is 0 Å². The van der Waals surface area contributed by atoms with Crippen molar-refractivity contribution in [3.63, 3.8) is 0 Å². The highest BCUT2D eigenvalue weighted by molar-refractivity contribution is 9.10. The molecule has 0 bridgehead atoms. The van der Waals surface area contributed by atoms with Crippen LogP contribution in [0.25, 0.3) is 0 Å². The summed E-state index contributed by atoms with van der Waals surface area (Å²) in [4.78, 5) is 23.4. The van der Waals surface area contributed by atoms with Gasteiger partial charge >= 0.3 is 0 Å². The van der Waals surface area contributed by atoms with Crippen molar-refractivity contribution in [2.75, 3.05) is 5.32 Å². The number of pyridine rings is 1. The Labute approximate surface area is 129 Å². The number of anilines is 1. The zero-order valence-electron chi connectivity index (χ0n) is 11.4. The zero-order chi connectivity index (χ0) is 15.4. The summed E-state index contributed by atoms with van der Waals surface area (Å²) in [5, 5.41) is 2.50. The third-order valence-corrected chi connectivity index (χ3v) is 3.39. The summed E-state index contributed by atoms with van der Waals surface area (Å²) < 4.78 is 15.8. The number of halogens is 2.